The second-order valence-corrected chi connectivity index (χ2v) is 8.53. The molecule has 1 aliphatic heterocycles. The van der Waals surface area contributed by atoms with Crippen LogP contribution in [0, 0.1) is 0 Å². The van der Waals surface area contributed by atoms with Gasteiger partial charge in [0, 0.05) is 12.1 Å². The van der Waals surface area contributed by atoms with Gasteiger partial charge in [-0.2, -0.15) is 0 Å². The first-order chi connectivity index (χ1) is 15.9. The predicted octanol–water partition coefficient (Wildman–Crippen LogP) is 4.49. The van der Waals surface area contributed by atoms with Gasteiger partial charge in [0.05, 0.1) is 25.7 Å². The van der Waals surface area contributed by atoms with E-state index in [1.54, 1.807) is 26.4 Å². The summed E-state index contributed by atoms with van der Waals surface area (Å²) in [5.41, 5.74) is 1.75. The summed E-state index contributed by atoms with van der Waals surface area (Å²) in [4.78, 5) is 31.8. The van der Waals surface area contributed by atoms with E-state index in [1.165, 1.54) is 16.7 Å². The lowest BCUT2D eigenvalue weighted by atomic mass is 10.2. The standard InChI is InChI=1S/C25H29N3O4S/c1-5-7-17(2)26-23(29)16-33-25-27-22(14-18-10-12-20(31-3)13-11-18)24(30)28(25)19-8-6-9-21(15-19)32-4/h6,8-15,17H,5,7,16H2,1-4H3,(H,26,29)/b22-14-. The number of carbonyl (C=O) groups excluding carboxylic acids is 2. The molecule has 1 unspecified atom stereocenters. The van der Waals surface area contributed by atoms with Crippen molar-refractivity contribution in [3.63, 3.8) is 0 Å². The number of amidine groups is 1. The van der Waals surface area contributed by atoms with E-state index in [0.29, 0.717) is 22.3 Å². The molecule has 0 spiro atoms. The second kappa shape index (κ2) is 11.6. The van der Waals surface area contributed by atoms with Crippen LogP contribution in [0.5, 0.6) is 11.5 Å². The Morgan fingerprint density at radius 3 is 2.55 bits per heavy atom. The van der Waals surface area contributed by atoms with Crippen molar-refractivity contribution in [2.75, 3.05) is 24.9 Å². The summed E-state index contributed by atoms with van der Waals surface area (Å²) in [6, 6.07) is 14.7. The molecule has 0 bridgehead atoms. The third-order valence-electron chi connectivity index (χ3n) is 5.02. The average molecular weight is 468 g/mol. The van der Waals surface area contributed by atoms with Crippen molar-refractivity contribution in [1.29, 1.82) is 0 Å². The number of anilines is 1. The van der Waals surface area contributed by atoms with E-state index in [4.69, 9.17) is 9.47 Å². The minimum atomic E-state index is -0.263. The summed E-state index contributed by atoms with van der Waals surface area (Å²) in [5, 5.41) is 3.44. The highest BCUT2D eigenvalue weighted by Crippen LogP contribution is 2.31. The maximum absolute atomic E-state index is 13.3. The van der Waals surface area contributed by atoms with Crippen LogP contribution < -0.4 is 19.7 Å². The summed E-state index contributed by atoms with van der Waals surface area (Å²) in [6.07, 6.45) is 3.64. The number of methoxy groups -OCH3 is 2. The third-order valence-corrected chi connectivity index (χ3v) is 5.96. The monoisotopic (exact) mass is 467 g/mol. The molecule has 174 valence electrons. The molecule has 1 aliphatic rings. The number of benzene rings is 2. The molecule has 7 nitrogen and oxygen atoms in total. The van der Waals surface area contributed by atoms with Gasteiger partial charge < -0.3 is 14.8 Å². The highest BCUT2D eigenvalue weighted by Gasteiger charge is 2.32. The number of carbonyl (C=O) groups is 2. The Hall–Kier alpha value is -3.26. The van der Waals surface area contributed by atoms with Crippen molar-refractivity contribution >= 4 is 40.5 Å². The number of hydrogen-bond acceptors (Lipinski definition) is 6. The van der Waals surface area contributed by atoms with Crippen LogP contribution in [0.3, 0.4) is 0 Å². The molecule has 1 atom stereocenters. The Labute approximate surface area is 198 Å². The minimum absolute atomic E-state index is 0.0886. The first-order valence-corrected chi connectivity index (χ1v) is 11.8. The molecule has 0 fully saturated rings. The lowest BCUT2D eigenvalue weighted by molar-refractivity contribution is -0.119. The lowest BCUT2D eigenvalue weighted by Gasteiger charge is -2.19. The molecule has 0 saturated carbocycles. The van der Waals surface area contributed by atoms with Gasteiger partial charge in [-0.05, 0) is 49.2 Å². The van der Waals surface area contributed by atoms with Crippen LogP contribution in [0.4, 0.5) is 5.69 Å². The molecular formula is C25H29N3O4S. The van der Waals surface area contributed by atoms with E-state index in [-0.39, 0.29) is 23.6 Å². The molecule has 2 aromatic carbocycles. The van der Waals surface area contributed by atoms with Gasteiger partial charge in [-0.1, -0.05) is 43.3 Å². The number of nitrogens with one attached hydrogen (secondary N) is 1. The summed E-state index contributed by atoms with van der Waals surface area (Å²) < 4.78 is 10.5. The van der Waals surface area contributed by atoms with Crippen molar-refractivity contribution < 1.29 is 19.1 Å². The molecular weight excluding hydrogens is 438 g/mol. The molecule has 33 heavy (non-hydrogen) atoms. The van der Waals surface area contributed by atoms with Gasteiger partial charge in [0.1, 0.15) is 17.2 Å². The number of aliphatic imine (C=N–C) groups is 1. The largest absolute Gasteiger partial charge is 0.497 e. The third kappa shape index (κ3) is 6.38. The smallest absolute Gasteiger partial charge is 0.283 e. The van der Waals surface area contributed by atoms with Crippen LogP contribution in [-0.4, -0.2) is 43.0 Å². The number of hydrogen-bond donors (Lipinski definition) is 1. The number of amides is 2. The van der Waals surface area contributed by atoms with Crippen LogP contribution in [0.25, 0.3) is 6.08 Å². The molecule has 2 amide bonds. The zero-order valence-corrected chi connectivity index (χ0v) is 20.1. The lowest BCUT2D eigenvalue weighted by Crippen LogP contribution is -2.35. The second-order valence-electron chi connectivity index (χ2n) is 7.59. The molecule has 3 rings (SSSR count). The van der Waals surface area contributed by atoms with Crippen LogP contribution >= 0.6 is 11.8 Å². The molecule has 2 aromatic rings. The maximum Gasteiger partial charge on any atom is 0.283 e. The topological polar surface area (TPSA) is 80.2 Å². The Morgan fingerprint density at radius 1 is 1.15 bits per heavy atom. The highest BCUT2D eigenvalue weighted by molar-refractivity contribution is 8.14. The van der Waals surface area contributed by atoms with Gasteiger partial charge >= 0.3 is 0 Å². The first-order valence-electron chi connectivity index (χ1n) is 10.8. The summed E-state index contributed by atoms with van der Waals surface area (Å²) in [6.45, 7) is 4.07. The van der Waals surface area contributed by atoms with E-state index in [0.717, 1.165) is 24.2 Å². The fourth-order valence-electron chi connectivity index (χ4n) is 3.38. The van der Waals surface area contributed by atoms with Crippen molar-refractivity contribution in [3.8, 4) is 11.5 Å². The number of ether oxygens (including phenoxy) is 2. The quantitative estimate of drug-likeness (QED) is 0.550. The van der Waals surface area contributed by atoms with E-state index < -0.39 is 0 Å². The summed E-state index contributed by atoms with van der Waals surface area (Å²) in [7, 11) is 3.18. The molecule has 0 aromatic heterocycles. The predicted molar refractivity (Wildman–Crippen MR) is 134 cm³/mol. The highest BCUT2D eigenvalue weighted by atomic mass is 32.2. The van der Waals surface area contributed by atoms with E-state index >= 15 is 0 Å². The van der Waals surface area contributed by atoms with Crippen molar-refractivity contribution in [2.24, 2.45) is 4.99 Å². The molecule has 0 radical (unpaired) electrons. The van der Waals surface area contributed by atoms with Crippen molar-refractivity contribution in [3.05, 3.63) is 59.8 Å². The Balaban J connectivity index is 1.86. The van der Waals surface area contributed by atoms with E-state index in [2.05, 4.69) is 17.2 Å². The molecule has 1 N–H and O–H groups in total. The van der Waals surface area contributed by atoms with Crippen molar-refractivity contribution in [2.45, 2.75) is 32.7 Å². The van der Waals surface area contributed by atoms with Gasteiger partial charge in [0.2, 0.25) is 5.91 Å². The molecule has 0 aliphatic carbocycles. The van der Waals surface area contributed by atoms with Gasteiger partial charge in [0.25, 0.3) is 5.91 Å². The number of nitrogens with zero attached hydrogens (tertiary/aromatic N) is 2. The van der Waals surface area contributed by atoms with Crippen LogP contribution in [0.2, 0.25) is 0 Å². The van der Waals surface area contributed by atoms with Gasteiger partial charge in [-0.25, -0.2) is 4.99 Å². The average Bonchev–Trinajstić information content (AvgIpc) is 3.13. The zero-order chi connectivity index (χ0) is 23.8. The SMILES string of the molecule is CCCC(C)NC(=O)CSC1=N/C(=C\c2ccc(OC)cc2)C(=O)N1c1cccc(OC)c1. The maximum atomic E-state index is 13.3. The van der Waals surface area contributed by atoms with Crippen LogP contribution in [-0.2, 0) is 9.59 Å². The van der Waals surface area contributed by atoms with Gasteiger partial charge in [0.15, 0.2) is 5.17 Å². The van der Waals surface area contributed by atoms with Crippen LogP contribution in [0.1, 0.15) is 32.3 Å². The normalized spacial score (nSPS) is 15.4. The Morgan fingerprint density at radius 2 is 1.88 bits per heavy atom. The number of thioether (sulfide) groups is 1. The van der Waals surface area contributed by atoms with Gasteiger partial charge in [-0.3, -0.25) is 14.5 Å². The fraction of sp³-hybridized carbons (Fsp3) is 0.320. The fourth-order valence-corrected chi connectivity index (χ4v) is 4.20. The van der Waals surface area contributed by atoms with E-state index in [1.807, 2.05) is 49.4 Å². The van der Waals surface area contributed by atoms with E-state index in [9.17, 15) is 9.59 Å². The number of rotatable bonds is 9. The first kappa shape index (κ1) is 24.4. The Bertz CT molecular complexity index is 1050. The molecule has 0 saturated heterocycles. The zero-order valence-electron chi connectivity index (χ0n) is 19.3. The van der Waals surface area contributed by atoms with Gasteiger partial charge in [-0.15, -0.1) is 0 Å². The van der Waals surface area contributed by atoms with Crippen LogP contribution in [0.15, 0.2) is 59.2 Å². The summed E-state index contributed by atoms with van der Waals surface area (Å²) in [5.74, 6) is 1.17. The summed E-state index contributed by atoms with van der Waals surface area (Å²) >= 11 is 1.23. The molecule has 1 heterocycles. The van der Waals surface area contributed by atoms with Crippen molar-refractivity contribution in [1.82, 2.24) is 5.32 Å². The minimum Gasteiger partial charge on any atom is -0.497 e. The molecule has 8 heteroatoms. The Kier molecular flexibility index (Phi) is 8.54.